The van der Waals surface area contributed by atoms with Crippen molar-refractivity contribution in [1.29, 1.82) is 0 Å². The van der Waals surface area contributed by atoms with Crippen molar-refractivity contribution in [3.05, 3.63) is 0 Å². The van der Waals surface area contributed by atoms with Crippen molar-refractivity contribution < 1.29 is 4.74 Å². The minimum absolute atomic E-state index is 0.508. The van der Waals surface area contributed by atoms with Crippen LogP contribution in [-0.4, -0.2) is 25.3 Å². The molecule has 1 aliphatic rings. The standard InChI is InChI=1S/C16H33NO/c1-5-11-17-15(13(3)6-2)12-18-16-10-8-7-9-14(16)4/h13-17H,5-12H2,1-4H3. The maximum absolute atomic E-state index is 6.21. The summed E-state index contributed by atoms with van der Waals surface area (Å²) in [7, 11) is 0. The molecule has 2 heteroatoms. The van der Waals surface area contributed by atoms with Gasteiger partial charge in [-0.1, -0.05) is 47.0 Å². The van der Waals surface area contributed by atoms with E-state index in [9.17, 15) is 0 Å². The Balaban J connectivity index is 2.34. The summed E-state index contributed by atoms with van der Waals surface area (Å²) in [6.07, 6.45) is 8.30. The van der Waals surface area contributed by atoms with Crippen LogP contribution in [0.4, 0.5) is 0 Å². The lowest BCUT2D eigenvalue weighted by molar-refractivity contribution is -0.0211. The van der Waals surface area contributed by atoms with Gasteiger partial charge in [-0.15, -0.1) is 0 Å². The Morgan fingerprint density at radius 1 is 1.22 bits per heavy atom. The predicted octanol–water partition coefficient (Wildman–Crippen LogP) is 4.00. The van der Waals surface area contributed by atoms with E-state index < -0.39 is 0 Å². The summed E-state index contributed by atoms with van der Waals surface area (Å²) in [6.45, 7) is 11.2. The molecule has 0 bridgehead atoms. The van der Waals surface area contributed by atoms with E-state index in [-0.39, 0.29) is 0 Å². The van der Waals surface area contributed by atoms with Crippen molar-refractivity contribution in [2.45, 2.75) is 78.4 Å². The molecular weight excluding hydrogens is 222 g/mol. The van der Waals surface area contributed by atoms with Crippen molar-refractivity contribution >= 4 is 0 Å². The van der Waals surface area contributed by atoms with Gasteiger partial charge in [0.1, 0.15) is 0 Å². The second-order valence-corrected chi connectivity index (χ2v) is 6.08. The van der Waals surface area contributed by atoms with Crippen LogP contribution in [0.1, 0.15) is 66.2 Å². The van der Waals surface area contributed by atoms with Gasteiger partial charge in [-0.3, -0.25) is 0 Å². The number of rotatable bonds is 8. The summed E-state index contributed by atoms with van der Waals surface area (Å²) < 4.78 is 6.21. The van der Waals surface area contributed by atoms with Crippen LogP contribution in [-0.2, 0) is 4.74 Å². The monoisotopic (exact) mass is 255 g/mol. The van der Waals surface area contributed by atoms with E-state index in [0.717, 1.165) is 19.1 Å². The smallest absolute Gasteiger partial charge is 0.0626 e. The fourth-order valence-electron chi connectivity index (χ4n) is 2.80. The molecule has 0 aromatic carbocycles. The van der Waals surface area contributed by atoms with Gasteiger partial charge in [0.25, 0.3) is 0 Å². The quantitative estimate of drug-likeness (QED) is 0.708. The lowest BCUT2D eigenvalue weighted by Crippen LogP contribution is -2.41. The molecule has 0 heterocycles. The highest BCUT2D eigenvalue weighted by Gasteiger charge is 2.24. The molecule has 0 amide bonds. The largest absolute Gasteiger partial charge is 0.376 e. The molecule has 0 aliphatic heterocycles. The van der Waals surface area contributed by atoms with E-state index in [1.165, 1.54) is 38.5 Å². The van der Waals surface area contributed by atoms with Crippen molar-refractivity contribution in [3.8, 4) is 0 Å². The lowest BCUT2D eigenvalue weighted by Gasteiger charge is -2.32. The van der Waals surface area contributed by atoms with E-state index in [0.29, 0.717) is 18.1 Å². The van der Waals surface area contributed by atoms with E-state index in [1.54, 1.807) is 0 Å². The summed E-state index contributed by atoms with van der Waals surface area (Å²) in [5, 5.41) is 3.65. The summed E-state index contributed by atoms with van der Waals surface area (Å²) in [4.78, 5) is 0. The molecule has 2 nitrogen and oxygen atoms in total. The van der Waals surface area contributed by atoms with Crippen molar-refractivity contribution in [3.63, 3.8) is 0 Å². The van der Waals surface area contributed by atoms with Gasteiger partial charge in [0.2, 0.25) is 0 Å². The Hall–Kier alpha value is -0.0800. The second kappa shape index (κ2) is 8.92. The molecule has 0 radical (unpaired) electrons. The molecule has 18 heavy (non-hydrogen) atoms. The maximum Gasteiger partial charge on any atom is 0.0626 e. The number of hydrogen-bond acceptors (Lipinski definition) is 2. The van der Waals surface area contributed by atoms with Gasteiger partial charge in [0, 0.05) is 6.04 Å². The van der Waals surface area contributed by atoms with Crippen LogP contribution in [0.5, 0.6) is 0 Å². The third-order valence-corrected chi connectivity index (χ3v) is 4.51. The third-order valence-electron chi connectivity index (χ3n) is 4.51. The first-order chi connectivity index (χ1) is 8.69. The van der Waals surface area contributed by atoms with Crippen LogP contribution in [0.2, 0.25) is 0 Å². The highest BCUT2D eigenvalue weighted by Crippen LogP contribution is 2.26. The van der Waals surface area contributed by atoms with Crippen molar-refractivity contribution in [1.82, 2.24) is 5.32 Å². The highest BCUT2D eigenvalue weighted by molar-refractivity contribution is 4.76. The molecule has 0 spiro atoms. The van der Waals surface area contributed by atoms with Gasteiger partial charge in [-0.05, 0) is 37.6 Å². The van der Waals surface area contributed by atoms with Crippen LogP contribution in [0, 0.1) is 11.8 Å². The fourth-order valence-corrected chi connectivity index (χ4v) is 2.80. The molecule has 0 aromatic heterocycles. The number of nitrogens with one attached hydrogen (secondary N) is 1. The molecule has 1 fully saturated rings. The minimum Gasteiger partial charge on any atom is -0.376 e. The van der Waals surface area contributed by atoms with Gasteiger partial charge >= 0.3 is 0 Å². The fraction of sp³-hybridized carbons (Fsp3) is 1.00. The number of ether oxygens (including phenoxy) is 1. The predicted molar refractivity (Wildman–Crippen MR) is 78.9 cm³/mol. The van der Waals surface area contributed by atoms with Gasteiger partial charge in [-0.2, -0.15) is 0 Å². The van der Waals surface area contributed by atoms with E-state index in [4.69, 9.17) is 4.74 Å². The molecule has 1 N–H and O–H groups in total. The molecule has 1 saturated carbocycles. The average Bonchev–Trinajstić information content (AvgIpc) is 2.40. The first-order valence-electron chi connectivity index (χ1n) is 8.04. The van der Waals surface area contributed by atoms with Crippen LogP contribution in [0.15, 0.2) is 0 Å². The molecule has 1 rings (SSSR count). The second-order valence-electron chi connectivity index (χ2n) is 6.08. The van der Waals surface area contributed by atoms with Gasteiger partial charge in [-0.25, -0.2) is 0 Å². The molecule has 0 saturated heterocycles. The average molecular weight is 255 g/mol. The number of hydrogen-bond donors (Lipinski definition) is 1. The molecular formula is C16H33NO. The topological polar surface area (TPSA) is 21.3 Å². The van der Waals surface area contributed by atoms with Crippen molar-refractivity contribution in [2.75, 3.05) is 13.2 Å². The zero-order valence-electron chi connectivity index (χ0n) is 12.9. The molecule has 4 unspecified atom stereocenters. The lowest BCUT2D eigenvalue weighted by atomic mass is 9.88. The Bertz CT molecular complexity index is 207. The van der Waals surface area contributed by atoms with E-state index in [2.05, 4.69) is 33.0 Å². The molecule has 1 aliphatic carbocycles. The van der Waals surface area contributed by atoms with Crippen LogP contribution in [0.3, 0.4) is 0 Å². The van der Waals surface area contributed by atoms with Crippen LogP contribution in [0.25, 0.3) is 0 Å². The SMILES string of the molecule is CCCNC(COC1CCCCC1C)C(C)CC. The Labute approximate surface area is 114 Å². The Morgan fingerprint density at radius 2 is 1.94 bits per heavy atom. The molecule has 0 aromatic rings. The van der Waals surface area contributed by atoms with Gasteiger partial charge < -0.3 is 10.1 Å². The summed E-state index contributed by atoms with van der Waals surface area (Å²) in [5.74, 6) is 1.46. The van der Waals surface area contributed by atoms with E-state index >= 15 is 0 Å². The first-order valence-corrected chi connectivity index (χ1v) is 8.04. The summed E-state index contributed by atoms with van der Waals surface area (Å²) >= 11 is 0. The molecule has 4 atom stereocenters. The Kier molecular flexibility index (Phi) is 7.92. The zero-order chi connectivity index (χ0) is 13.4. The maximum atomic E-state index is 6.21. The minimum atomic E-state index is 0.508. The normalized spacial score (nSPS) is 28.0. The zero-order valence-corrected chi connectivity index (χ0v) is 12.9. The summed E-state index contributed by atoms with van der Waals surface area (Å²) in [5.41, 5.74) is 0. The first kappa shape index (κ1) is 16.0. The third kappa shape index (κ3) is 5.27. The van der Waals surface area contributed by atoms with E-state index in [1.807, 2.05) is 0 Å². The van der Waals surface area contributed by atoms with Crippen LogP contribution < -0.4 is 5.32 Å². The highest BCUT2D eigenvalue weighted by atomic mass is 16.5. The molecule has 108 valence electrons. The van der Waals surface area contributed by atoms with Gasteiger partial charge in [0.15, 0.2) is 0 Å². The van der Waals surface area contributed by atoms with Crippen molar-refractivity contribution in [2.24, 2.45) is 11.8 Å². The summed E-state index contributed by atoms with van der Waals surface area (Å²) in [6, 6.07) is 0.532. The van der Waals surface area contributed by atoms with Crippen LogP contribution >= 0.6 is 0 Å². The van der Waals surface area contributed by atoms with Gasteiger partial charge in [0.05, 0.1) is 12.7 Å². The Morgan fingerprint density at radius 3 is 2.56 bits per heavy atom.